The van der Waals surface area contributed by atoms with E-state index in [1.54, 1.807) is 38.4 Å². The molecule has 0 radical (unpaired) electrons. The molecule has 0 saturated heterocycles. The number of rotatable bonds is 5. The highest BCUT2D eigenvalue weighted by atomic mass is 16.5. The van der Waals surface area contributed by atoms with E-state index in [0.717, 1.165) is 5.56 Å². The largest absolute Gasteiger partial charge is 0.448 e. The molecule has 0 saturated carbocycles. The third-order valence-corrected chi connectivity index (χ3v) is 4.31. The third-order valence-electron chi connectivity index (χ3n) is 4.31. The lowest BCUT2D eigenvalue weighted by molar-refractivity contribution is -0.137. The van der Waals surface area contributed by atoms with Gasteiger partial charge < -0.3 is 9.64 Å². The third kappa shape index (κ3) is 3.93. The highest BCUT2D eigenvalue weighted by Crippen LogP contribution is 2.16. The van der Waals surface area contributed by atoms with Gasteiger partial charge in [-0.3, -0.25) is 9.59 Å². The number of benzene rings is 2. The van der Waals surface area contributed by atoms with Crippen LogP contribution in [0, 0.1) is 0 Å². The van der Waals surface area contributed by atoms with Gasteiger partial charge in [0, 0.05) is 19.5 Å². The van der Waals surface area contributed by atoms with E-state index in [4.69, 9.17) is 4.74 Å². The van der Waals surface area contributed by atoms with Crippen molar-refractivity contribution < 1.29 is 14.3 Å². The van der Waals surface area contributed by atoms with Crippen molar-refractivity contribution in [2.75, 3.05) is 14.1 Å². The van der Waals surface area contributed by atoms with Gasteiger partial charge >= 0.3 is 5.97 Å². The van der Waals surface area contributed by atoms with Gasteiger partial charge in [-0.15, -0.1) is 0 Å². The number of fused-ring (bicyclic) bond motifs is 1. The maximum Gasteiger partial charge on any atom is 0.360 e. The number of likely N-dealkylation sites (N-methyl/N-ethyl adjacent to an activating group) is 1. The standard InChI is InChI=1S/C21H21N3O4/c1-14(19(25)23(2)3)28-21(27)18-16-11-7-8-12-17(16)20(26)24(22-18)13-15-9-5-4-6-10-15/h4-12,14H,13H2,1-3H3. The van der Waals surface area contributed by atoms with Crippen molar-refractivity contribution in [1.82, 2.24) is 14.7 Å². The van der Waals surface area contributed by atoms with Gasteiger partial charge in [-0.1, -0.05) is 48.5 Å². The predicted octanol–water partition coefficient (Wildman–Crippen LogP) is 2.08. The number of ether oxygens (including phenoxy) is 1. The van der Waals surface area contributed by atoms with Gasteiger partial charge in [0.25, 0.3) is 11.5 Å². The van der Waals surface area contributed by atoms with Crippen LogP contribution in [-0.2, 0) is 16.1 Å². The highest BCUT2D eigenvalue weighted by molar-refractivity contribution is 6.02. The monoisotopic (exact) mass is 379 g/mol. The summed E-state index contributed by atoms with van der Waals surface area (Å²) in [5.41, 5.74) is 0.584. The van der Waals surface area contributed by atoms with E-state index in [9.17, 15) is 14.4 Å². The van der Waals surface area contributed by atoms with E-state index in [0.29, 0.717) is 10.8 Å². The molecule has 1 amide bonds. The van der Waals surface area contributed by atoms with Gasteiger partial charge in [0.1, 0.15) is 0 Å². The maximum atomic E-state index is 12.8. The lowest BCUT2D eigenvalue weighted by atomic mass is 10.1. The molecule has 1 atom stereocenters. The zero-order chi connectivity index (χ0) is 20.3. The number of carbonyl (C=O) groups excluding carboxylic acids is 2. The van der Waals surface area contributed by atoms with E-state index < -0.39 is 12.1 Å². The quantitative estimate of drug-likeness (QED) is 0.634. The lowest BCUT2D eigenvalue weighted by Gasteiger charge is -2.17. The summed E-state index contributed by atoms with van der Waals surface area (Å²) in [5.74, 6) is -1.09. The van der Waals surface area contributed by atoms with Crippen LogP contribution in [0.2, 0.25) is 0 Å². The molecule has 0 N–H and O–H groups in total. The average molecular weight is 379 g/mol. The molecule has 0 bridgehead atoms. The van der Waals surface area contributed by atoms with Crippen LogP contribution in [0.25, 0.3) is 10.8 Å². The summed E-state index contributed by atoms with van der Waals surface area (Å²) < 4.78 is 6.55. The normalized spacial score (nSPS) is 11.8. The van der Waals surface area contributed by atoms with Crippen LogP contribution < -0.4 is 5.56 Å². The van der Waals surface area contributed by atoms with Gasteiger partial charge in [0.2, 0.25) is 0 Å². The van der Waals surface area contributed by atoms with Crippen molar-refractivity contribution in [2.45, 2.75) is 19.6 Å². The molecule has 144 valence electrons. The first-order valence-corrected chi connectivity index (χ1v) is 8.84. The molecule has 3 aromatic rings. The van der Waals surface area contributed by atoms with Gasteiger partial charge in [-0.2, -0.15) is 5.10 Å². The maximum absolute atomic E-state index is 12.8. The first-order chi connectivity index (χ1) is 13.4. The van der Waals surface area contributed by atoms with Crippen molar-refractivity contribution in [2.24, 2.45) is 0 Å². The van der Waals surface area contributed by atoms with Crippen molar-refractivity contribution in [3.05, 3.63) is 76.2 Å². The number of carbonyl (C=O) groups is 2. The molecular weight excluding hydrogens is 358 g/mol. The van der Waals surface area contributed by atoms with Crippen LogP contribution in [0.4, 0.5) is 0 Å². The van der Waals surface area contributed by atoms with Crippen LogP contribution >= 0.6 is 0 Å². The second-order valence-electron chi connectivity index (χ2n) is 6.62. The van der Waals surface area contributed by atoms with E-state index in [-0.39, 0.29) is 23.7 Å². The van der Waals surface area contributed by atoms with Crippen LogP contribution in [-0.4, -0.2) is 46.8 Å². The van der Waals surface area contributed by atoms with Gasteiger partial charge in [0.05, 0.1) is 11.9 Å². The molecule has 7 heteroatoms. The zero-order valence-electron chi connectivity index (χ0n) is 16.0. The number of aromatic nitrogens is 2. The molecule has 0 fully saturated rings. The Morgan fingerprint density at radius 1 is 1.04 bits per heavy atom. The van der Waals surface area contributed by atoms with Crippen LogP contribution in [0.1, 0.15) is 23.0 Å². The smallest absolute Gasteiger partial charge is 0.360 e. The van der Waals surface area contributed by atoms with E-state index in [1.807, 2.05) is 30.3 Å². The minimum absolute atomic E-state index is 0.00420. The van der Waals surface area contributed by atoms with Gasteiger partial charge in [-0.25, -0.2) is 9.48 Å². The second kappa shape index (κ2) is 8.04. The van der Waals surface area contributed by atoms with Crippen LogP contribution in [0.15, 0.2) is 59.4 Å². The summed E-state index contributed by atoms with van der Waals surface area (Å²) in [7, 11) is 3.17. The highest BCUT2D eigenvalue weighted by Gasteiger charge is 2.24. The lowest BCUT2D eigenvalue weighted by Crippen LogP contribution is -2.35. The molecule has 7 nitrogen and oxygen atoms in total. The molecule has 0 spiro atoms. The molecular formula is C21H21N3O4. The van der Waals surface area contributed by atoms with Gasteiger partial charge in [0.15, 0.2) is 11.8 Å². The summed E-state index contributed by atoms with van der Waals surface area (Å²) in [6.07, 6.45) is -0.961. The molecule has 28 heavy (non-hydrogen) atoms. The average Bonchev–Trinajstić information content (AvgIpc) is 2.70. The van der Waals surface area contributed by atoms with Crippen molar-refractivity contribution in [1.29, 1.82) is 0 Å². The Bertz CT molecular complexity index is 1070. The fourth-order valence-corrected chi connectivity index (χ4v) is 2.88. The Balaban J connectivity index is 2.03. The fraction of sp³-hybridized carbons (Fsp3) is 0.238. The summed E-state index contributed by atoms with van der Waals surface area (Å²) in [6, 6.07) is 16.1. The van der Waals surface area contributed by atoms with Crippen LogP contribution in [0.3, 0.4) is 0 Å². The van der Waals surface area contributed by atoms with Gasteiger partial charge in [-0.05, 0) is 18.6 Å². The summed E-state index contributed by atoms with van der Waals surface area (Å²) in [4.78, 5) is 38.9. The second-order valence-corrected chi connectivity index (χ2v) is 6.62. The Labute approximate surface area is 162 Å². The molecule has 2 aromatic carbocycles. The first kappa shape index (κ1) is 19.3. The SMILES string of the molecule is CC(OC(=O)c1nn(Cc2ccccc2)c(=O)c2ccccc12)C(=O)N(C)C. The topological polar surface area (TPSA) is 81.5 Å². The molecule has 0 aliphatic carbocycles. The number of nitrogens with zero attached hydrogens (tertiary/aromatic N) is 3. The molecule has 0 aliphatic rings. The summed E-state index contributed by atoms with van der Waals surface area (Å²) >= 11 is 0. The molecule has 1 heterocycles. The van der Waals surface area contributed by atoms with Crippen molar-refractivity contribution >= 4 is 22.6 Å². The number of esters is 1. The Morgan fingerprint density at radius 2 is 1.64 bits per heavy atom. The Morgan fingerprint density at radius 3 is 2.29 bits per heavy atom. The minimum Gasteiger partial charge on any atom is -0.448 e. The number of amides is 1. The van der Waals surface area contributed by atoms with E-state index in [2.05, 4.69) is 5.10 Å². The Hall–Kier alpha value is -3.48. The van der Waals surface area contributed by atoms with E-state index >= 15 is 0 Å². The molecule has 1 aromatic heterocycles. The first-order valence-electron chi connectivity index (χ1n) is 8.84. The van der Waals surface area contributed by atoms with E-state index in [1.165, 1.54) is 16.5 Å². The number of hydrogen-bond donors (Lipinski definition) is 0. The summed E-state index contributed by atoms with van der Waals surface area (Å²) in [6.45, 7) is 1.72. The number of hydrogen-bond acceptors (Lipinski definition) is 5. The zero-order valence-corrected chi connectivity index (χ0v) is 16.0. The Kier molecular flexibility index (Phi) is 5.54. The molecule has 0 aliphatic heterocycles. The molecule has 3 rings (SSSR count). The minimum atomic E-state index is -0.961. The fourth-order valence-electron chi connectivity index (χ4n) is 2.88. The summed E-state index contributed by atoms with van der Waals surface area (Å²) in [5, 5.41) is 5.02. The predicted molar refractivity (Wildman–Crippen MR) is 105 cm³/mol. The van der Waals surface area contributed by atoms with Crippen molar-refractivity contribution in [3.8, 4) is 0 Å². The van der Waals surface area contributed by atoms with Crippen LogP contribution in [0.5, 0.6) is 0 Å². The van der Waals surface area contributed by atoms with Crippen molar-refractivity contribution in [3.63, 3.8) is 0 Å². The molecule has 1 unspecified atom stereocenters.